The highest BCUT2D eigenvalue weighted by Gasteiger charge is 2.07. The number of ether oxygens (including phenoxy) is 1. The minimum Gasteiger partial charge on any atom is -0.384 e. The van der Waals surface area contributed by atoms with Crippen molar-refractivity contribution in [1.82, 2.24) is 19.9 Å². The Morgan fingerprint density at radius 3 is 3.12 bits per heavy atom. The first kappa shape index (κ1) is 11.5. The van der Waals surface area contributed by atoms with Crippen molar-refractivity contribution in [2.24, 2.45) is 0 Å². The molecule has 0 unspecified atom stereocenters. The fourth-order valence-corrected chi connectivity index (χ4v) is 1.66. The highest BCUT2D eigenvalue weighted by Crippen LogP contribution is 2.04. The molecule has 0 aromatic carbocycles. The minimum absolute atomic E-state index is 0.503. The molecule has 16 heavy (non-hydrogen) atoms. The molecule has 0 bridgehead atoms. The van der Waals surface area contributed by atoms with Gasteiger partial charge in [0.05, 0.1) is 16.4 Å². The molecule has 2 heterocycles. The van der Waals surface area contributed by atoms with Crippen LogP contribution in [0.1, 0.15) is 11.7 Å². The van der Waals surface area contributed by atoms with Gasteiger partial charge in [0, 0.05) is 19.7 Å². The van der Waals surface area contributed by atoms with E-state index in [1.54, 1.807) is 18.0 Å². The monoisotopic (exact) mass is 334 g/mol. The molecule has 0 radical (unpaired) electrons. The number of nitrogens with zero attached hydrogens (tertiary/aromatic N) is 4. The number of hydrogen-bond donors (Lipinski definition) is 0. The second-order valence-electron chi connectivity index (χ2n) is 3.20. The quantitative estimate of drug-likeness (QED) is 0.767. The summed E-state index contributed by atoms with van der Waals surface area (Å²) in [6.45, 7) is 1.10. The van der Waals surface area contributed by atoms with E-state index >= 15 is 0 Å². The predicted octanol–water partition coefficient (Wildman–Crippen LogP) is 1.11. The van der Waals surface area contributed by atoms with E-state index < -0.39 is 0 Å². The van der Waals surface area contributed by atoms with Crippen LogP contribution in [-0.2, 0) is 17.7 Å². The first-order valence-electron chi connectivity index (χ1n) is 4.76. The van der Waals surface area contributed by atoms with Crippen LogP contribution in [0.4, 0.5) is 0 Å². The summed E-state index contributed by atoms with van der Waals surface area (Å²) in [5.41, 5.74) is 0. The van der Waals surface area contributed by atoms with Crippen molar-refractivity contribution in [2.45, 2.75) is 13.0 Å². The van der Waals surface area contributed by atoms with E-state index in [4.69, 9.17) is 9.26 Å². The third-order valence-electron chi connectivity index (χ3n) is 1.94. The Morgan fingerprint density at radius 2 is 2.44 bits per heavy atom. The molecule has 7 heteroatoms. The Kier molecular flexibility index (Phi) is 3.88. The second-order valence-corrected chi connectivity index (χ2v) is 4.45. The van der Waals surface area contributed by atoms with Crippen molar-refractivity contribution >= 4 is 22.6 Å². The molecule has 0 amide bonds. The van der Waals surface area contributed by atoms with Gasteiger partial charge in [0.2, 0.25) is 5.89 Å². The average molecular weight is 334 g/mol. The summed E-state index contributed by atoms with van der Waals surface area (Å²) in [5.74, 6) is 1.23. The van der Waals surface area contributed by atoms with Crippen LogP contribution in [0.25, 0.3) is 0 Å². The first-order chi connectivity index (χ1) is 7.78. The molecule has 0 fully saturated rings. The van der Waals surface area contributed by atoms with Crippen molar-refractivity contribution in [2.75, 3.05) is 13.7 Å². The van der Waals surface area contributed by atoms with Gasteiger partial charge in [0.15, 0.2) is 5.82 Å². The van der Waals surface area contributed by atoms with Gasteiger partial charge in [0.1, 0.15) is 6.54 Å². The Labute approximate surface area is 106 Å². The number of hydrogen-bond acceptors (Lipinski definition) is 5. The van der Waals surface area contributed by atoms with E-state index in [1.807, 2.05) is 6.20 Å². The number of rotatable bonds is 5. The fourth-order valence-electron chi connectivity index (χ4n) is 1.21. The maximum absolute atomic E-state index is 5.09. The van der Waals surface area contributed by atoms with Crippen molar-refractivity contribution in [1.29, 1.82) is 0 Å². The molecule has 0 spiro atoms. The van der Waals surface area contributed by atoms with E-state index in [0.29, 0.717) is 31.3 Å². The highest BCUT2D eigenvalue weighted by atomic mass is 127. The zero-order valence-corrected chi connectivity index (χ0v) is 10.9. The summed E-state index contributed by atoms with van der Waals surface area (Å²) in [7, 11) is 1.65. The molecule has 0 N–H and O–H groups in total. The maximum Gasteiger partial charge on any atom is 0.248 e. The van der Waals surface area contributed by atoms with Gasteiger partial charge in [0.25, 0.3) is 0 Å². The van der Waals surface area contributed by atoms with Crippen LogP contribution in [0.3, 0.4) is 0 Å². The Morgan fingerprint density at radius 1 is 1.56 bits per heavy atom. The van der Waals surface area contributed by atoms with Crippen LogP contribution in [0.2, 0.25) is 0 Å². The SMILES string of the molecule is COCCc1noc(Cn2cc(I)cn2)n1. The zero-order valence-electron chi connectivity index (χ0n) is 8.76. The smallest absolute Gasteiger partial charge is 0.248 e. The van der Waals surface area contributed by atoms with Crippen LogP contribution < -0.4 is 0 Å². The number of halogens is 1. The standard InChI is InChI=1S/C9H11IN4O2/c1-15-3-2-8-12-9(16-13-8)6-14-5-7(10)4-11-14/h4-5H,2-3,6H2,1H3. The van der Waals surface area contributed by atoms with Crippen molar-refractivity contribution in [3.63, 3.8) is 0 Å². The average Bonchev–Trinajstić information content (AvgIpc) is 2.86. The van der Waals surface area contributed by atoms with E-state index in [1.165, 1.54) is 0 Å². The van der Waals surface area contributed by atoms with Gasteiger partial charge < -0.3 is 9.26 Å². The molecule has 2 aromatic rings. The van der Waals surface area contributed by atoms with Gasteiger partial charge in [-0.15, -0.1) is 0 Å². The van der Waals surface area contributed by atoms with Crippen LogP contribution in [0.15, 0.2) is 16.9 Å². The third-order valence-corrected chi connectivity index (χ3v) is 2.50. The topological polar surface area (TPSA) is 66.0 Å². The summed E-state index contributed by atoms with van der Waals surface area (Å²) < 4.78 is 12.9. The number of methoxy groups -OCH3 is 1. The van der Waals surface area contributed by atoms with Crippen molar-refractivity contribution in [3.8, 4) is 0 Å². The van der Waals surface area contributed by atoms with E-state index in [0.717, 1.165) is 3.57 Å². The van der Waals surface area contributed by atoms with Gasteiger partial charge in [-0.3, -0.25) is 4.68 Å². The van der Waals surface area contributed by atoms with Gasteiger partial charge >= 0.3 is 0 Å². The molecule has 0 atom stereocenters. The summed E-state index contributed by atoms with van der Waals surface area (Å²) in [6, 6.07) is 0. The van der Waals surface area contributed by atoms with Gasteiger partial charge in [-0.25, -0.2) is 0 Å². The molecule has 0 aliphatic carbocycles. The Hall–Kier alpha value is -0.960. The lowest BCUT2D eigenvalue weighted by Crippen LogP contribution is -2.01. The Balaban J connectivity index is 1.97. The molecule has 0 saturated carbocycles. The van der Waals surface area contributed by atoms with Gasteiger partial charge in [-0.2, -0.15) is 10.1 Å². The maximum atomic E-state index is 5.09. The number of aromatic nitrogens is 4. The highest BCUT2D eigenvalue weighted by molar-refractivity contribution is 14.1. The van der Waals surface area contributed by atoms with Crippen LogP contribution in [0.5, 0.6) is 0 Å². The molecule has 0 aliphatic heterocycles. The van der Waals surface area contributed by atoms with Crippen LogP contribution >= 0.6 is 22.6 Å². The summed E-state index contributed by atoms with van der Waals surface area (Å²) in [4.78, 5) is 4.23. The van der Waals surface area contributed by atoms with Crippen LogP contribution in [-0.4, -0.2) is 33.6 Å². The Bertz CT molecular complexity index is 454. The normalized spacial score (nSPS) is 10.9. The summed E-state index contributed by atoms with van der Waals surface area (Å²) >= 11 is 2.20. The molecule has 2 aromatic heterocycles. The summed E-state index contributed by atoms with van der Waals surface area (Å²) in [5, 5.41) is 7.99. The first-order valence-corrected chi connectivity index (χ1v) is 5.84. The lowest BCUT2D eigenvalue weighted by molar-refractivity contribution is 0.199. The minimum atomic E-state index is 0.503. The van der Waals surface area contributed by atoms with Crippen LogP contribution in [0, 0.1) is 3.57 Å². The molecule has 2 rings (SSSR count). The molecule has 0 aliphatic rings. The molecule has 86 valence electrons. The lowest BCUT2D eigenvalue weighted by atomic mass is 10.4. The van der Waals surface area contributed by atoms with Gasteiger partial charge in [-0.1, -0.05) is 5.16 Å². The van der Waals surface area contributed by atoms with E-state index in [2.05, 4.69) is 37.8 Å². The fraction of sp³-hybridized carbons (Fsp3) is 0.444. The molecular weight excluding hydrogens is 323 g/mol. The van der Waals surface area contributed by atoms with Crippen molar-refractivity contribution in [3.05, 3.63) is 27.7 Å². The second kappa shape index (κ2) is 5.39. The summed E-state index contributed by atoms with van der Waals surface area (Å²) in [6.07, 6.45) is 4.36. The van der Waals surface area contributed by atoms with Crippen molar-refractivity contribution < 1.29 is 9.26 Å². The largest absolute Gasteiger partial charge is 0.384 e. The third kappa shape index (κ3) is 3.01. The zero-order chi connectivity index (χ0) is 11.4. The molecule has 0 saturated heterocycles. The van der Waals surface area contributed by atoms with Gasteiger partial charge in [-0.05, 0) is 22.6 Å². The molecular formula is C9H11IN4O2. The van der Waals surface area contributed by atoms with E-state index in [-0.39, 0.29) is 0 Å². The van der Waals surface area contributed by atoms with E-state index in [9.17, 15) is 0 Å². The lowest BCUT2D eigenvalue weighted by Gasteiger charge is -1.93. The predicted molar refractivity (Wildman–Crippen MR) is 63.9 cm³/mol. The molecule has 6 nitrogen and oxygen atoms in total.